The summed E-state index contributed by atoms with van der Waals surface area (Å²) in [6.45, 7) is 5.11. The number of aryl methyl sites for hydroxylation is 2. The van der Waals surface area contributed by atoms with Crippen LogP contribution in [0.2, 0.25) is 0 Å². The molecule has 0 aromatic heterocycles. The fourth-order valence-electron chi connectivity index (χ4n) is 2.83. The van der Waals surface area contributed by atoms with Crippen molar-refractivity contribution >= 4 is 11.6 Å². The van der Waals surface area contributed by atoms with Gasteiger partial charge in [0.25, 0.3) is 5.91 Å². The highest BCUT2D eigenvalue weighted by molar-refractivity contribution is 6.07. The molecule has 0 N–H and O–H groups in total. The second-order valence-electron chi connectivity index (χ2n) is 5.46. The molecule has 4 nitrogen and oxygen atoms in total. The van der Waals surface area contributed by atoms with Crippen molar-refractivity contribution in [1.82, 2.24) is 0 Å². The number of nitrogens with zero attached hydrogens (tertiary/aromatic N) is 1. The van der Waals surface area contributed by atoms with Crippen LogP contribution in [-0.4, -0.2) is 26.2 Å². The summed E-state index contributed by atoms with van der Waals surface area (Å²) in [5.74, 6) is 1.51. The maximum atomic E-state index is 12.8. The molecule has 0 saturated heterocycles. The minimum atomic E-state index is -0.0147. The molecule has 22 heavy (non-hydrogen) atoms. The van der Waals surface area contributed by atoms with E-state index in [2.05, 4.69) is 6.07 Å². The minimum Gasteiger partial charge on any atom is -0.497 e. The first-order chi connectivity index (χ1) is 10.6. The predicted molar refractivity (Wildman–Crippen MR) is 86.1 cm³/mol. The van der Waals surface area contributed by atoms with Crippen LogP contribution in [0.25, 0.3) is 0 Å². The van der Waals surface area contributed by atoms with Crippen LogP contribution >= 0.6 is 0 Å². The zero-order valence-corrected chi connectivity index (χ0v) is 13.1. The quantitative estimate of drug-likeness (QED) is 0.853. The van der Waals surface area contributed by atoms with Crippen LogP contribution in [0.5, 0.6) is 11.5 Å². The van der Waals surface area contributed by atoms with E-state index in [0.29, 0.717) is 18.7 Å². The van der Waals surface area contributed by atoms with Gasteiger partial charge in [-0.2, -0.15) is 0 Å². The molecule has 0 aliphatic carbocycles. The molecule has 0 fully saturated rings. The fraction of sp³-hybridized carbons (Fsp3) is 0.278. The standard InChI is InChI=1S/C18H19NO3/c1-12-10-13(2)17-16(11-12)22-9-8-19(17)18(20)14-4-6-15(21-3)7-5-14/h4-7,10-11H,8-9H2,1-3H3. The lowest BCUT2D eigenvalue weighted by molar-refractivity contribution is 0.0976. The van der Waals surface area contributed by atoms with E-state index in [0.717, 1.165) is 28.3 Å². The molecule has 0 bridgehead atoms. The highest BCUT2D eigenvalue weighted by atomic mass is 16.5. The highest BCUT2D eigenvalue weighted by Gasteiger charge is 2.26. The molecule has 3 rings (SSSR count). The van der Waals surface area contributed by atoms with Crippen LogP contribution in [0.3, 0.4) is 0 Å². The number of methoxy groups -OCH3 is 1. The Kier molecular flexibility index (Phi) is 3.75. The molecule has 2 aromatic carbocycles. The van der Waals surface area contributed by atoms with Gasteiger partial charge in [0.15, 0.2) is 0 Å². The summed E-state index contributed by atoms with van der Waals surface area (Å²) in [6, 6.07) is 11.2. The van der Waals surface area contributed by atoms with Crippen LogP contribution in [0.1, 0.15) is 21.5 Å². The molecule has 1 aliphatic rings. The lowest BCUT2D eigenvalue weighted by Gasteiger charge is -2.31. The van der Waals surface area contributed by atoms with Crippen molar-refractivity contribution in [1.29, 1.82) is 0 Å². The number of benzene rings is 2. The minimum absolute atomic E-state index is 0.0147. The first-order valence-corrected chi connectivity index (χ1v) is 7.30. The van der Waals surface area contributed by atoms with Crippen LogP contribution < -0.4 is 14.4 Å². The van der Waals surface area contributed by atoms with E-state index < -0.39 is 0 Å². The fourth-order valence-corrected chi connectivity index (χ4v) is 2.83. The van der Waals surface area contributed by atoms with Gasteiger partial charge in [0, 0.05) is 5.56 Å². The van der Waals surface area contributed by atoms with Gasteiger partial charge in [-0.3, -0.25) is 4.79 Å². The molecule has 114 valence electrons. The molecule has 1 aliphatic heterocycles. The maximum absolute atomic E-state index is 12.8. The Morgan fingerprint density at radius 1 is 1.18 bits per heavy atom. The van der Waals surface area contributed by atoms with Crippen molar-refractivity contribution in [3.05, 3.63) is 53.1 Å². The van der Waals surface area contributed by atoms with Gasteiger partial charge in [-0.25, -0.2) is 0 Å². The van der Waals surface area contributed by atoms with Crippen LogP contribution in [0.4, 0.5) is 5.69 Å². The lowest BCUT2D eigenvalue weighted by atomic mass is 10.1. The van der Waals surface area contributed by atoms with Gasteiger partial charge in [0.05, 0.1) is 19.3 Å². The summed E-state index contributed by atoms with van der Waals surface area (Å²) in [4.78, 5) is 14.6. The van der Waals surface area contributed by atoms with Crippen LogP contribution in [-0.2, 0) is 0 Å². The van der Waals surface area contributed by atoms with E-state index in [1.54, 1.807) is 36.3 Å². The molecular weight excluding hydrogens is 278 g/mol. The van der Waals surface area contributed by atoms with Crippen LogP contribution in [0.15, 0.2) is 36.4 Å². The number of ether oxygens (including phenoxy) is 2. The number of fused-ring (bicyclic) bond motifs is 1. The Balaban J connectivity index is 1.98. The second-order valence-corrected chi connectivity index (χ2v) is 5.46. The Labute approximate surface area is 130 Å². The molecule has 0 atom stereocenters. The summed E-state index contributed by atoms with van der Waals surface area (Å²) in [6.07, 6.45) is 0. The van der Waals surface area contributed by atoms with E-state index in [1.165, 1.54) is 0 Å². The number of amides is 1. The van der Waals surface area contributed by atoms with Gasteiger partial charge in [-0.1, -0.05) is 6.07 Å². The van der Waals surface area contributed by atoms with Gasteiger partial charge in [0.2, 0.25) is 0 Å². The Hall–Kier alpha value is -2.49. The molecule has 4 heteroatoms. The molecule has 1 heterocycles. The summed E-state index contributed by atoms with van der Waals surface area (Å²) >= 11 is 0. The average Bonchev–Trinajstić information content (AvgIpc) is 2.53. The normalized spacial score (nSPS) is 13.3. The zero-order valence-electron chi connectivity index (χ0n) is 13.1. The SMILES string of the molecule is COc1ccc(C(=O)N2CCOc3cc(C)cc(C)c32)cc1. The largest absolute Gasteiger partial charge is 0.497 e. The second kappa shape index (κ2) is 5.72. The van der Waals surface area contributed by atoms with Crippen molar-refractivity contribution in [2.75, 3.05) is 25.2 Å². The lowest BCUT2D eigenvalue weighted by Crippen LogP contribution is -2.38. The van der Waals surface area contributed by atoms with Crippen molar-refractivity contribution in [3.63, 3.8) is 0 Å². The Morgan fingerprint density at radius 3 is 2.59 bits per heavy atom. The van der Waals surface area contributed by atoms with Gasteiger partial charge >= 0.3 is 0 Å². The first-order valence-electron chi connectivity index (χ1n) is 7.30. The third-order valence-electron chi connectivity index (χ3n) is 3.83. The summed E-state index contributed by atoms with van der Waals surface area (Å²) in [7, 11) is 1.61. The topological polar surface area (TPSA) is 38.8 Å². The monoisotopic (exact) mass is 297 g/mol. The smallest absolute Gasteiger partial charge is 0.258 e. The van der Waals surface area contributed by atoms with Gasteiger partial charge in [-0.15, -0.1) is 0 Å². The average molecular weight is 297 g/mol. The summed E-state index contributed by atoms with van der Waals surface area (Å²) in [5, 5.41) is 0. The molecule has 0 spiro atoms. The third kappa shape index (κ3) is 2.52. The molecule has 0 saturated carbocycles. The van der Waals surface area contributed by atoms with Gasteiger partial charge in [0.1, 0.15) is 18.1 Å². The number of rotatable bonds is 2. The predicted octanol–water partition coefficient (Wildman–Crippen LogP) is 3.35. The number of anilines is 1. The van der Waals surface area contributed by atoms with E-state index in [4.69, 9.17) is 9.47 Å². The Morgan fingerprint density at radius 2 is 1.91 bits per heavy atom. The number of hydrogen-bond acceptors (Lipinski definition) is 3. The van der Waals surface area contributed by atoms with E-state index in [1.807, 2.05) is 19.9 Å². The van der Waals surface area contributed by atoms with E-state index in [9.17, 15) is 4.79 Å². The number of hydrogen-bond donors (Lipinski definition) is 0. The Bertz CT molecular complexity index is 707. The summed E-state index contributed by atoms with van der Waals surface area (Å²) < 4.78 is 10.9. The van der Waals surface area contributed by atoms with E-state index in [-0.39, 0.29) is 5.91 Å². The first kappa shape index (κ1) is 14.4. The van der Waals surface area contributed by atoms with Gasteiger partial charge in [-0.05, 0) is 55.3 Å². The molecule has 1 amide bonds. The highest BCUT2D eigenvalue weighted by Crippen LogP contribution is 2.36. The zero-order chi connectivity index (χ0) is 15.7. The third-order valence-corrected chi connectivity index (χ3v) is 3.83. The van der Waals surface area contributed by atoms with Crippen molar-refractivity contribution < 1.29 is 14.3 Å². The molecule has 0 radical (unpaired) electrons. The number of carbonyl (C=O) groups excluding carboxylic acids is 1. The molecule has 0 unspecified atom stereocenters. The van der Waals surface area contributed by atoms with Crippen LogP contribution in [0, 0.1) is 13.8 Å². The molecular formula is C18H19NO3. The molecule has 2 aromatic rings. The summed E-state index contributed by atoms with van der Waals surface area (Å²) in [5.41, 5.74) is 3.71. The van der Waals surface area contributed by atoms with E-state index >= 15 is 0 Å². The maximum Gasteiger partial charge on any atom is 0.258 e. The van der Waals surface area contributed by atoms with Gasteiger partial charge < -0.3 is 14.4 Å². The van der Waals surface area contributed by atoms with Crippen molar-refractivity contribution in [2.24, 2.45) is 0 Å². The van der Waals surface area contributed by atoms with Crippen molar-refractivity contribution in [2.45, 2.75) is 13.8 Å². The van der Waals surface area contributed by atoms with Crippen molar-refractivity contribution in [3.8, 4) is 11.5 Å². The number of carbonyl (C=O) groups is 1.